The van der Waals surface area contributed by atoms with Crippen molar-refractivity contribution in [3.63, 3.8) is 0 Å². The number of amides is 1. The lowest BCUT2D eigenvalue weighted by atomic mass is 10.2. The average Bonchev–Trinajstić information content (AvgIpc) is 3.07. The van der Waals surface area contributed by atoms with Gasteiger partial charge in [0.25, 0.3) is 0 Å². The lowest BCUT2D eigenvalue weighted by Gasteiger charge is -2.09. The van der Waals surface area contributed by atoms with Crippen LogP contribution in [-0.4, -0.2) is 33.6 Å². The van der Waals surface area contributed by atoms with Gasteiger partial charge in [-0.1, -0.05) is 23.4 Å². The summed E-state index contributed by atoms with van der Waals surface area (Å²) >= 11 is 7.15. The number of hydrogen-bond donors (Lipinski definition) is 3. The molecular weight excluding hydrogens is 412 g/mol. The first-order valence-corrected chi connectivity index (χ1v) is 10.1. The van der Waals surface area contributed by atoms with Crippen LogP contribution in [0.1, 0.15) is 11.4 Å². The normalized spacial score (nSPS) is 10.6. The standard InChI is InChI=1S/C19H21ClN6O2S/c1-12-9-13(20)3-8-16(12)23-18(27)11-29-19-25-24-17(26(19)21)10-22-14-4-6-15(28-2)7-5-14/h3-9,22H,10-11,21H2,1-2H3,(H,23,27). The largest absolute Gasteiger partial charge is 0.497 e. The van der Waals surface area contributed by atoms with E-state index in [0.717, 1.165) is 22.7 Å². The SMILES string of the molecule is COc1ccc(NCc2nnc(SCC(=O)Nc3ccc(Cl)cc3C)n2N)cc1. The van der Waals surface area contributed by atoms with E-state index in [2.05, 4.69) is 20.8 Å². The number of thioether (sulfide) groups is 1. The highest BCUT2D eigenvalue weighted by atomic mass is 35.5. The van der Waals surface area contributed by atoms with Crippen molar-refractivity contribution < 1.29 is 9.53 Å². The number of nitrogen functional groups attached to an aromatic ring is 1. The third kappa shape index (κ3) is 5.55. The molecule has 3 rings (SSSR count). The fraction of sp³-hybridized carbons (Fsp3) is 0.211. The minimum Gasteiger partial charge on any atom is -0.497 e. The van der Waals surface area contributed by atoms with Crippen molar-refractivity contribution in [1.29, 1.82) is 0 Å². The summed E-state index contributed by atoms with van der Waals surface area (Å²) in [7, 11) is 1.62. The Morgan fingerprint density at radius 3 is 2.69 bits per heavy atom. The molecule has 1 heterocycles. The van der Waals surface area contributed by atoms with Gasteiger partial charge in [0.1, 0.15) is 5.75 Å². The maximum Gasteiger partial charge on any atom is 0.234 e. The number of carbonyl (C=O) groups excluding carboxylic acids is 1. The van der Waals surface area contributed by atoms with Crippen LogP contribution >= 0.6 is 23.4 Å². The zero-order valence-corrected chi connectivity index (χ0v) is 17.5. The van der Waals surface area contributed by atoms with Crippen molar-refractivity contribution >= 4 is 40.6 Å². The topological polar surface area (TPSA) is 107 Å². The number of methoxy groups -OCH3 is 1. The molecule has 152 valence electrons. The molecule has 0 aliphatic carbocycles. The summed E-state index contributed by atoms with van der Waals surface area (Å²) in [5.74, 6) is 7.38. The van der Waals surface area contributed by atoms with Crippen molar-refractivity contribution in [1.82, 2.24) is 14.9 Å². The number of ether oxygens (including phenoxy) is 1. The Kier molecular flexibility index (Phi) is 6.84. The highest BCUT2D eigenvalue weighted by molar-refractivity contribution is 7.99. The van der Waals surface area contributed by atoms with E-state index >= 15 is 0 Å². The van der Waals surface area contributed by atoms with Crippen molar-refractivity contribution in [2.24, 2.45) is 0 Å². The number of aryl methyl sites for hydroxylation is 1. The molecule has 0 saturated carbocycles. The number of nitrogens with two attached hydrogens (primary N) is 1. The van der Waals surface area contributed by atoms with E-state index in [1.807, 2.05) is 31.2 Å². The molecule has 2 aromatic carbocycles. The number of halogens is 1. The molecule has 0 fully saturated rings. The molecular formula is C19H21ClN6O2S. The molecule has 1 aromatic heterocycles. The van der Waals surface area contributed by atoms with Crippen molar-refractivity contribution in [2.45, 2.75) is 18.6 Å². The number of nitrogens with zero attached hydrogens (tertiary/aromatic N) is 3. The number of benzene rings is 2. The van der Waals surface area contributed by atoms with Crippen LogP contribution in [0.3, 0.4) is 0 Å². The highest BCUT2D eigenvalue weighted by Gasteiger charge is 2.13. The van der Waals surface area contributed by atoms with Crippen LogP contribution in [0.4, 0.5) is 11.4 Å². The van der Waals surface area contributed by atoms with E-state index in [9.17, 15) is 4.79 Å². The quantitative estimate of drug-likeness (QED) is 0.370. The second-order valence-electron chi connectivity index (χ2n) is 6.15. The van der Waals surface area contributed by atoms with Gasteiger partial charge in [-0.2, -0.15) is 0 Å². The van der Waals surface area contributed by atoms with Gasteiger partial charge in [-0.25, -0.2) is 4.68 Å². The summed E-state index contributed by atoms with van der Waals surface area (Å²) in [4.78, 5) is 12.2. The molecule has 10 heteroatoms. The zero-order valence-electron chi connectivity index (χ0n) is 16.0. The van der Waals surface area contributed by atoms with E-state index in [4.69, 9.17) is 22.2 Å². The van der Waals surface area contributed by atoms with Crippen LogP contribution in [0.5, 0.6) is 5.75 Å². The lowest BCUT2D eigenvalue weighted by molar-refractivity contribution is -0.113. The third-order valence-electron chi connectivity index (χ3n) is 4.07. The summed E-state index contributed by atoms with van der Waals surface area (Å²) in [5.41, 5.74) is 2.52. The fourth-order valence-electron chi connectivity index (χ4n) is 2.50. The van der Waals surface area contributed by atoms with Gasteiger partial charge in [-0.15, -0.1) is 10.2 Å². The van der Waals surface area contributed by atoms with Gasteiger partial charge in [-0.05, 0) is 55.0 Å². The van der Waals surface area contributed by atoms with E-state index in [0.29, 0.717) is 22.5 Å². The van der Waals surface area contributed by atoms with Crippen LogP contribution in [0, 0.1) is 6.92 Å². The second kappa shape index (κ2) is 9.53. The maximum atomic E-state index is 12.2. The molecule has 4 N–H and O–H groups in total. The molecule has 8 nitrogen and oxygen atoms in total. The van der Waals surface area contributed by atoms with E-state index in [-0.39, 0.29) is 11.7 Å². The molecule has 0 aliphatic rings. The maximum absolute atomic E-state index is 12.2. The Morgan fingerprint density at radius 1 is 1.24 bits per heavy atom. The van der Waals surface area contributed by atoms with Gasteiger partial charge in [0, 0.05) is 16.4 Å². The summed E-state index contributed by atoms with van der Waals surface area (Å²) < 4.78 is 6.51. The summed E-state index contributed by atoms with van der Waals surface area (Å²) in [5, 5.41) is 15.3. The first-order valence-electron chi connectivity index (χ1n) is 8.72. The number of nitrogens with one attached hydrogen (secondary N) is 2. The van der Waals surface area contributed by atoms with Gasteiger partial charge in [0.05, 0.1) is 19.4 Å². The van der Waals surface area contributed by atoms with Crippen LogP contribution in [0.15, 0.2) is 47.6 Å². The molecule has 0 saturated heterocycles. The first kappa shape index (κ1) is 20.8. The second-order valence-corrected chi connectivity index (χ2v) is 7.53. The number of hydrogen-bond acceptors (Lipinski definition) is 7. The summed E-state index contributed by atoms with van der Waals surface area (Å²) in [6, 6.07) is 12.8. The molecule has 0 atom stereocenters. The fourth-order valence-corrected chi connectivity index (χ4v) is 3.40. The van der Waals surface area contributed by atoms with Gasteiger partial charge in [-0.3, -0.25) is 4.79 Å². The van der Waals surface area contributed by atoms with Gasteiger partial charge in [0.2, 0.25) is 11.1 Å². The Bertz CT molecular complexity index is 993. The van der Waals surface area contributed by atoms with Crippen molar-refractivity contribution in [3.05, 3.63) is 58.9 Å². The number of aromatic nitrogens is 3. The average molecular weight is 433 g/mol. The Hall–Kier alpha value is -2.91. The molecule has 1 amide bonds. The van der Waals surface area contributed by atoms with Gasteiger partial charge < -0.3 is 21.2 Å². The molecule has 0 aliphatic heterocycles. The van der Waals surface area contributed by atoms with Crippen molar-refractivity contribution in [2.75, 3.05) is 29.3 Å². The van der Waals surface area contributed by atoms with Gasteiger partial charge >= 0.3 is 0 Å². The zero-order chi connectivity index (χ0) is 20.8. The Labute approximate surface area is 177 Å². The monoisotopic (exact) mass is 432 g/mol. The van der Waals surface area contributed by atoms with Crippen LogP contribution in [0.2, 0.25) is 5.02 Å². The summed E-state index contributed by atoms with van der Waals surface area (Å²) in [6.07, 6.45) is 0. The lowest BCUT2D eigenvalue weighted by Crippen LogP contribution is -2.18. The first-order chi connectivity index (χ1) is 14.0. The number of rotatable bonds is 8. The molecule has 0 radical (unpaired) electrons. The molecule has 0 unspecified atom stereocenters. The predicted octanol–water partition coefficient (Wildman–Crippen LogP) is 3.31. The molecule has 3 aromatic rings. The van der Waals surface area contributed by atoms with Crippen LogP contribution < -0.4 is 21.2 Å². The summed E-state index contributed by atoms with van der Waals surface area (Å²) in [6.45, 7) is 2.28. The number of carbonyl (C=O) groups is 1. The van der Waals surface area contributed by atoms with Crippen LogP contribution in [0.25, 0.3) is 0 Å². The number of anilines is 2. The van der Waals surface area contributed by atoms with Crippen LogP contribution in [-0.2, 0) is 11.3 Å². The van der Waals surface area contributed by atoms with Gasteiger partial charge in [0.15, 0.2) is 5.82 Å². The van der Waals surface area contributed by atoms with Crippen molar-refractivity contribution in [3.8, 4) is 5.75 Å². The molecule has 29 heavy (non-hydrogen) atoms. The minimum absolute atomic E-state index is 0.156. The molecule has 0 bridgehead atoms. The Morgan fingerprint density at radius 2 is 2.00 bits per heavy atom. The predicted molar refractivity (Wildman–Crippen MR) is 116 cm³/mol. The highest BCUT2D eigenvalue weighted by Crippen LogP contribution is 2.21. The minimum atomic E-state index is -0.165. The smallest absolute Gasteiger partial charge is 0.234 e. The third-order valence-corrected chi connectivity index (χ3v) is 5.25. The Balaban J connectivity index is 1.52. The molecule has 0 spiro atoms. The van der Waals surface area contributed by atoms with E-state index < -0.39 is 0 Å². The van der Waals surface area contributed by atoms with E-state index in [1.165, 1.54) is 16.4 Å². The van der Waals surface area contributed by atoms with E-state index in [1.54, 1.807) is 25.3 Å².